The van der Waals surface area contributed by atoms with Crippen LogP contribution < -0.4 is 15.0 Å². The van der Waals surface area contributed by atoms with Crippen LogP contribution in [0.4, 0.5) is 5.69 Å². The van der Waals surface area contributed by atoms with Gasteiger partial charge in [-0.05, 0) is 42.6 Å². The minimum absolute atomic E-state index is 0.0458. The molecular weight excluding hydrogens is 395 g/mol. The number of hydrogen-bond donors (Lipinski definition) is 1. The van der Waals surface area contributed by atoms with Gasteiger partial charge >= 0.3 is 0 Å². The summed E-state index contributed by atoms with van der Waals surface area (Å²) in [4.78, 5) is 26.5. The van der Waals surface area contributed by atoms with Crippen LogP contribution in [-0.2, 0) is 9.59 Å². The van der Waals surface area contributed by atoms with Crippen molar-refractivity contribution in [1.29, 1.82) is 0 Å². The SMILES string of the molecule is COc1ccccc1C=C1C(=O)NC(=S)N(c2cc(Cl)cc(Cl)c2)C1=O. The van der Waals surface area contributed by atoms with Crippen LogP contribution in [0.2, 0.25) is 10.0 Å². The van der Waals surface area contributed by atoms with Gasteiger partial charge in [0.1, 0.15) is 11.3 Å². The fraction of sp³-hybridized carbons (Fsp3) is 0.0556. The molecule has 1 N–H and O–H groups in total. The van der Waals surface area contributed by atoms with Gasteiger partial charge in [0, 0.05) is 15.6 Å². The summed E-state index contributed by atoms with van der Waals surface area (Å²) in [5, 5.41) is 3.15. The van der Waals surface area contributed by atoms with E-state index in [-0.39, 0.29) is 10.7 Å². The van der Waals surface area contributed by atoms with Crippen molar-refractivity contribution in [1.82, 2.24) is 5.32 Å². The molecule has 0 bridgehead atoms. The molecule has 0 aliphatic carbocycles. The smallest absolute Gasteiger partial charge is 0.270 e. The van der Waals surface area contributed by atoms with E-state index >= 15 is 0 Å². The Kier molecular flexibility index (Phi) is 5.27. The Morgan fingerprint density at radius 1 is 1.12 bits per heavy atom. The predicted octanol–water partition coefficient (Wildman–Crippen LogP) is 3.83. The van der Waals surface area contributed by atoms with Gasteiger partial charge in [0.15, 0.2) is 5.11 Å². The third-order valence-electron chi connectivity index (χ3n) is 3.65. The van der Waals surface area contributed by atoms with Crippen molar-refractivity contribution in [3.8, 4) is 5.75 Å². The first-order valence-electron chi connectivity index (χ1n) is 7.41. The van der Waals surface area contributed by atoms with E-state index in [1.807, 2.05) is 0 Å². The van der Waals surface area contributed by atoms with Gasteiger partial charge in [0.05, 0.1) is 12.8 Å². The Bertz CT molecular complexity index is 939. The largest absolute Gasteiger partial charge is 0.496 e. The first kappa shape index (κ1) is 18.4. The molecule has 2 aromatic carbocycles. The predicted molar refractivity (Wildman–Crippen MR) is 106 cm³/mol. The van der Waals surface area contributed by atoms with Crippen LogP contribution >= 0.6 is 35.4 Å². The number of para-hydroxylation sites is 1. The van der Waals surface area contributed by atoms with Gasteiger partial charge in [0.2, 0.25) is 0 Å². The summed E-state index contributed by atoms with van der Waals surface area (Å²) in [7, 11) is 1.51. The standard InChI is InChI=1S/C18H12Cl2N2O3S/c1-25-15-5-3-2-4-10(15)6-14-16(23)21-18(26)22(17(14)24)13-8-11(19)7-12(20)9-13/h2-9H,1H3,(H,21,23,26). The van der Waals surface area contributed by atoms with Crippen molar-refractivity contribution in [2.45, 2.75) is 0 Å². The molecule has 132 valence electrons. The highest BCUT2D eigenvalue weighted by molar-refractivity contribution is 7.80. The third-order valence-corrected chi connectivity index (χ3v) is 4.37. The highest BCUT2D eigenvalue weighted by Crippen LogP contribution is 2.29. The summed E-state index contributed by atoms with van der Waals surface area (Å²) < 4.78 is 5.26. The number of halogens is 2. The lowest BCUT2D eigenvalue weighted by Crippen LogP contribution is -2.54. The van der Waals surface area contributed by atoms with E-state index in [2.05, 4.69) is 5.32 Å². The third kappa shape index (κ3) is 3.58. The second-order valence-corrected chi connectivity index (χ2v) is 6.59. The molecular formula is C18H12Cl2N2O3S. The normalized spacial score (nSPS) is 16.0. The molecule has 0 saturated carbocycles. The van der Waals surface area contributed by atoms with Crippen molar-refractivity contribution in [3.63, 3.8) is 0 Å². The molecule has 0 atom stereocenters. The Hall–Kier alpha value is -2.41. The number of anilines is 1. The van der Waals surface area contributed by atoms with Crippen LogP contribution in [-0.4, -0.2) is 24.0 Å². The first-order chi connectivity index (χ1) is 12.4. The highest BCUT2D eigenvalue weighted by atomic mass is 35.5. The van der Waals surface area contributed by atoms with Crippen molar-refractivity contribution in [3.05, 3.63) is 63.6 Å². The quantitative estimate of drug-likeness (QED) is 0.477. The Labute approximate surface area is 165 Å². The van der Waals surface area contributed by atoms with Gasteiger partial charge in [-0.15, -0.1) is 0 Å². The molecule has 1 aliphatic heterocycles. The van der Waals surface area contributed by atoms with E-state index in [0.717, 1.165) is 0 Å². The number of nitrogens with zero attached hydrogens (tertiary/aromatic N) is 1. The van der Waals surface area contributed by atoms with Crippen molar-refractivity contribution < 1.29 is 14.3 Å². The fourth-order valence-electron chi connectivity index (χ4n) is 2.50. The van der Waals surface area contributed by atoms with Gasteiger partial charge in [-0.3, -0.25) is 19.8 Å². The molecule has 0 aromatic heterocycles. The second-order valence-electron chi connectivity index (χ2n) is 5.33. The van der Waals surface area contributed by atoms with Crippen molar-refractivity contribution in [2.24, 2.45) is 0 Å². The Balaban J connectivity index is 2.07. The van der Waals surface area contributed by atoms with Gasteiger partial charge in [-0.25, -0.2) is 0 Å². The number of ether oxygens (including phenoxy) is 1. The van der Waals surface area contributed by atoms with Crippen LogP contribution in [0.5, 0.6) is 5.75 Å². The molecule has 3 rings (SSSR count). The minimum Gasteiger partial charge on any atom is -0.496 e. The number of benzene rings is 2. The number of carbonyl (C=O) groups is 2. The summed E-state index contributed by atoms with van der Waals surface area (Å²) in [5.41, 5.74) is 0.869. The molecule has 0 radical (unpaired) electrons. The lowest BCUT2D eigenvalue weighted by atomic mass is 10.1. The number of nitrogens with one attached hydrogen (secondary N) is 1. The van der Waals surface area contributed by atoms with Crippen LogP contribution in [0.25, 0.3) is 6.08 Å². The molecule has 1 heterocycles. The van der Waals surface area contributed by atoms with E-state index in [4.69, 9.17) is 40.2 Å². The summed E-state index contributed by atoms with van der Waals surface area (Å²) in [6.07, 6.45) is 1.46. The lowest BCUT2D eigenvalue weighted by Gasteiger charge is -2.29. The molecule has 1 aliphatic rings. The summed E-state index contributed by atoms with van der Waals surface area (Å²) in [6.45, 7) is 0. The van der Waals surface area contributed by atoms with E-state index in [1.165, 1.54) is 36.3 Å². The second kappa shape index (κ2) is 7.45. The fourth-order valence-corrected chi connectivity index (χ4v) is 3.30. The van der Waals surface area contributed by atoms with Crippen LogP contribution in [0.3, 0.4) is 0 Å². The number of thiocarbonyl (C=S) groups is 1. The van der Waals surface area contributed by atoms with Crippen molar-refractivity contribution >= 4 is 64.1 Å². The van der Waals surface area contributed by atoms with Crippen LogP contribution in [0.15, 0.2) is 48.0 Å². The molecule has 5 nitrogen and oxygen atoms in total. The maximum atomic E-state index is 13.0. The summed E-state index contributed by atoms with van der Waals surface area (Å²) >= 11 is 17.2. The number of methoxy groups -OCH3 is 1. The van der Waals surface area contributed by atoms with Gasteiger partial charge in [-0.2, -0.15) is 0 Å². The molecule has 2 aromatic rings. The summed E-state index contributed by atoms with van der Waals surface area (Å²) in [5.74, 6) is -0.635. The number of carbonyl (C=O) groups excluding carboxylic acids is 2. The molecule has 8 heteroatoms. The van der Waals surface area contributed by atoms with Gasteiger partial charge in [0.25, 0.3) is 11.8 Å². The van der Waals surface area contributed by atoms with Crippen molar-refractivity contribution in [2.75, 3.05) is 12.0 Å². The maximum Gasteiger partial charge on any atom is 0.270 e. The van der Waals surface area contributed by atoms with Crippen LogP contribution in [0, 0.1) is 0 Å². The average molecular weight is 407 g/mol. The maximum absolute atomic E-state index is 13.0. The molecule has 1 fully saturated rings. The minimum atomic E-state index is -0.588. The average Bonchev–Trinajstić information content (AvgIpc) is 2.58. The summed E-state index contributed by atoms with van der Waals surface area (Å²) in [6, 6.07) is 11.6. The first-order valence-corrected chi connectivity index (χ1v) is 8.57. The van der Waals surface area contributed by atoms with Gasteiger partial charge < -0.3 is 4.74 Å². The zero-order chi connectivity index (χ0) is 18.8. The monoisotopic (exact) mass is 406 g/mol. The topological polar surface area (TPSA) is 58.6 Å². The van der Waals surface area contributed by atoms with E-state index in [1.54, 1.807) is 24.3 Å². The Morgan fingerprint density at radius 3 is 2.42 bits per heavy atom. The van der Waals surface area contributed by atoms with E-state index in [9.17, 15) is 9.59 Å². The number of rotatable bonds is 3. The molecule has 1 saturated heterocycles. The number of amides is 2. The van der Waals surface area contributed by atoms with E-state index < -0.39 is 11.8 Å². The van der Waals surface area contributed by atoms with Gasteiger partial charge in [-0.1, -0.05) is 41.4 Å². The molecule has 0 spiro atoms. The Morgan fingerprint density at radius 2 is 1.77 bits per heavy atom. The molecule has 2 amide bonds. The number of hydrogen-bond acceptors (Lipinski definition) is 4. The zero-order valence-corrected chi connectivity index (χ0v) is 15.8. The molecule has 26 heavy (non-hydrogen) atoms. The molecule has 0 unspecified atom stereocenters. The van der Waals surface area contributed by atoms with E-state index in [0.29, 0.717) is 27.0 Å². The lowest BCUT2D eigenvalue weighted by molar-refractivity contribution is -0.122. The van der Waals surface area contributed by atoms with Crippen LogP contribution in [0.1, 0.15) is 5.56 Å². The zero-order valence-electron chi connectivity index (χ0n) is 13.5. The highest BCUT2D eigenvalue weighted by Gasteiger charge is 2.34.